The highest BCUT2D eigenvalue weighted by Crippen LogP contribution is 2.09. The van der Waals surface area contributed by atoms with Crippen molar-refractivity contribution in [2.45, 2.75) is 25.3 Å². The van der Waals surface area contributed by atoms with Gasteiger partial charge in [0.1, 0.15) is 17.7 Å². The second-order valence-corrected chi connectivity index (χ2v) is 5.50. The number of rotatable bonds is 7. The Bertz CT molecular complexity index is 700. The molecule has 6 heteroatoms. The van der Waals surface area contributed by atoms with Crippen molar-refractivity contribution in [1.29, 1.82) is 0 Å². The van der Waals surface area contributed by atoms with Gasteiger partial charge in [-0.3, -0.25) is 9.59 Å². The van der Waals surface area contributed by atoms with E-state index in [1.165, 1.54) is 0 Å². The Hall–Kier alpha value is -2.76. The highest BCUT2D eigenvalue weighted by Gasteiger charge is 2.18. The molecule has 0 aliphatic heterocycles. The third-order valence-electron chi connectivity index (χ3n) is 3.53. The Balaban J connectivity index is 1.94. The van der Waals surface area contributed by atoms with Crippen LogP contribution in [0, 0.1) is 11.6 Å². The Morgan fingerprint density at radius 2 is 1.62 bits per heavy atom. The largest absolute Gasteiger partial charge is 0.368 e. The van der Waals surface area contributed by atoms with Gasteiger partial charge in [0, 0.05) is 6.07 Å². The molecular weight excluding hydrogens is 314 g/mol. The van der Waals surface area contributed by atoms with Crippen LogP contribution in [-0.2, 0) is 22.4 Å². The first-order chi connectivity index (χ1) is 11.4. The van der Waals surface area contributed by atoms with Crippen LogP contribution < -0.4 is 11.1 Å². The summed E-state index contributed by atoms with van der Waals surface area (Å²) in [4.78, 5) is 23.5. The molecule has 0 saturated carbocycles. The molecule has 0 bridgehead atoms. The van der Waals surface area contributed by atoms with Crippen molar-refractivity contribution in [3.8, 4) is 0 Å². The SMILES string of the molecule is NC(=O)[C@H](CCc1ccccc1)NC(=O)Cc1cc(F)cc(F)c1. The molecule has 126 valence electrons. The Labute approximate surface area is 138 Å². The van der Waals surface area contributed by atoms with Crippen molar-refractivity contribution in [1.82, 2.24) is 5.32 Å². The van der Waals surface area contributed by atoms with E-state index in [0.29, 0.717) is 12.8 Å². The summed E-state index contributed by atoms with van der Waals surface area (Å²) in [5.41, 5.74) is 6.53. The normalized spacial score (nSPS) is 11.8. The molecule has 0 saturated heterocycles. The molecule has 2 amide bonds. The van der Waals surface area contributed by atoms with Crippen LogP contribution in [0.5, 0.6) is 0 Å². The van der Waals surface area contributed by atoms with Crippen LogP contribution in [0.3, 0.4) is 0 Å². The number of nitrogens with one attached hydrogen (secondary N) is 1. The fourth-order valence-electron chi connectivity index (χ4n) is 2.39. The van der Waals surface area contributed by atoms with E-state index in [1.807, 2.05) is 30.3 Å². The summed E-state index contributed by atoms with van der Waals surface area (Å²) in [5, 5.41) is 2.52. The number of primary amides is 1. The third kappa shape index (κ3) is 5.46. The summed E-state index contributed by atoms with van der Waals surface area (Å²) in [7, 11) is 0. The van der Waals surface area contributed by atoms with E-state index in [0.717, 1.165) is 23.8 Å². The number of amides is 2. The van der Waals surface area contributed by atoms with Crippen LogP contribution in [0.15, 0.2) is 48.5 Å². The van der Waals surface area contributed by atoms with Crippen LogP contribution in [-0.4, -0.2) is 17.9 Å². The van der Waals surface area contributed by atoms with Crippen molar-refractivity contribution < 1.29 is 18.4 Å². The smallest absolute Gasteiger partial charge is 0.240 e. The maximum Gasteiger partial charge on any atom is 0.240 e. The second kappa shape index (κ2) is 8.19. The molecule has 2 rings (SSSR count). The number of hydrogen-bond donors (Lipinski definition) is 2. The van der Waals surface area contributed by atoms with E-state index < -0.39 is 29.5 Å². The van der Waals surface area contributed by atoms with E-state index in [1.54, 1.807) is 0 Å². The molecule has 24 heavy (non-hydrogen) atoms. The number of benzene rings is 2. The molecule has 0 heterocycles. The monoisotopic (exact) mass is 332 g/mol. The number of nitrogens with two attached hydrogens (primary N) is 1. The zero-order chi connectivity index (χ0) is 17.5. The standard InChI is InChI=1S/C18H18F2N2O2/c19-14-8-13(9-15(20)11-14)10-17(23)22-16(18(21)24)7-6-12-4-2-1-3-5-12/h1-5,8-9,11,16H,6-7,10H2,(H2,21,24)(H,22,23)/t16-/m0/s1. The van der Waals surface area contributed by atoms with Gasteiger partial charge in [-0.25, -0.2) is 8.78 Å². The molecule has 0 aliphatic carbocycles. The van der Waals surface area contributed by atoms with Gasteiger partial charge in [-0.1, -0.05) is 30.3 Å². The predicted octanol–water partition coefficient (Wildman–Crippen LogP) is 2.11. The average molecular weight is 332 g/mol. The first-order valence-corrected chi connectivity index (χ1v) is 7.51. The van der Waals surface area contributed by atoms with E-state index in [2.05, 4.69) is 5.32 Å². The minimum atomic E-state index is -0.837. The number of halogens is 2. The zero-order valence-corrected chi connectivity index (χ0v) is 13.0. The number of aryl methyl sites for hydroxylation is 1. The molecule has 2 aromatic carbocycles. The lowest BCUT2D eigenvalue weighted by Crippen LogP contribution is -2.45. The highest BCUT2D eigenvalue weighted by molar-refractivity contribution is 5.87. The van der Waals surface area contributed by atoms with Crippen LogP contribution in [0.4, 0.5) is 8.78 Å². The topological polar surface area (TPSA) is 72.2 Å². The third-order valence-corrected chi connectivity index (χ3v) is 3.53. The van der Waals surface area contributed by atoms with Crippen molar-refractivity contribution in [3.05, 3.63) is 71.3 Å². The molecule has 0 aromatic heterocycles. The Morgan fingerprint density at radius 3 is 2.21 bits per heavy atom. The summed E-state index contributed by atoms with van der Waals surface area (Å²) in [6.45, 7) is 0. The fraction of sp³-hybridized carbons (Fsp3) is 0.222. The van der Waals surface area contributed by atoms with Crippen LogP contribution in [0.2, 0.25) is 0 Å². The number of carbonyl (C=O) groups excluding carboxylic acids is 2. The van der Waals surface area contributed by atoms with E-state index in [4.69, 9.17) is 5.73 Å². The maximum absolute atomic E-state index is 13.1. The van der Waals surface area contributed by atoms with Crippen LogP contribution >= 0.6 is 0 Å². The molecule has 0 aliphatic rings. The lowest BCUT2D eigenvalue weighted by Gasteiger charge is -2.15. The van der Waals surface area contributed by atoms with Gasteiger partial charge in [-0.15, -0.1) is 0 Å². The quantitative estimate of drug-likeness (QED) is 0.815. The van der Waals surface area contributed by atoms with E-state index in [9.17, 15) is 18.4 Å². The van der Waals surface area contributed by atoms with Crippen molar-refractivity contribution >= 4 is 11.8 Å². The zero-order valence-electron chi connectivity index (χ0n) is 13.0. The van der Waals surface area contributed by atoms with Gasteiger partial charge < -0.3 is 11.1 Å². The van der Waals surface area contributed by atoms with Crippen LogP contribution in [0.1, 0.15) is 17.5 Å². The minimum Gasteiger partial charge on any atom is -0.368 e. The van der Waals surface area contributed by atoms with Crippen molar-refractivity contribution in [3.63, 3.8) is 0 Å². The van der Waals surface area contributed by atoms with Crippen molar-refractivity contribution in [2.75, 3.05) is 0 Å². The fourth-order valence-corrected chi connectivity index (χ4v) is 2.39. The Kier molecular flexibility index (Phi) is 6.01. The molecule has 2 aromatic rings. The lowest BCUT2D eigenvalue weighted by molar-refractivity contribution is -0.127. The average Bonchev–Trinajstić information content (AvgIpc) is 2.51. The summed E-state index contributed by atoms with van der Waals surface area (Å²) < 4.78 is 26.3. The van der Waals surface area contributed by atoms with Gasteiger partial charge in [-0.2, -0.15) is 0 Å². The van der Waals surface area contributed by atoms with Gasteiger partial charge in [0.2, 0.25) is 11.8 Å². The summed E-state index contributed by atoms with van der Waals surface area (Å²) in [6, 6.07) is 11.5. The molecule has 4 nitrogen and oxygen atoms in total. The van der Waals surface area contributed by atoms with Gasteiger partial charge in [0.15, 0.2) is 0 Å². The van der Waals surface area contributed by atoms with Gasteiger partial charge in [-0.05, 0) is 36.1 Å². The number of hydrogen-bond acceptors (Lipinski definition) is 2. The summed E-state index contributed by atoms with van der Waals surface area (Å²) in [6.07, 6.45) is 0.690. The molecule has 0 spiro atoms. The van der Waals surface area contributed by atoms with E-state index in [-0.39, 0.29) is 12.0 Å². The lowest BCUT2D eigenvalue weighted by atomic mass is 10.0. The molecular formula is C18H18F2N2O2. The van der Waals surface area contributed by atoms with E-state index >= 15 is 0 Å². The van der Waals surface area contributed by atoms with Gasteiger partial charge >= 0.3 is 0 Å². The highest BCUT2D eigenvalue weighted by atomic mass is 19.1. The second-order valence-electron chi connectivity index (χ2n) is 5.50. The molecule has 0 radical (unpaired) electrons. The first-order valence-electron chi connectivity index (χ1n) is 7.51. The summed E-state index contributed by atoms with van der Waals surface area (Å²) in [5.74, 6) is -2.68. The van der Waals surface area contributed by atoms with Gasteiger partial charge in [0.25, 0.3) is 0 Å². The summed E-state index contributed by atoms with van der Waals surface area (Å²) >= 11 is 0. The van der Waals surface area contributed by atoms with Crippen LogP contribution in [0.25, 0.3) is 0 Å². The van der Waals surface area contributed by atoms with Gasteiger partial charge in [0.05, 0.1) is 6.42 Å². The predicted molar refractivity (Wildman–Crippen MR) is 86.0 cm³/mol. The molecule has 0 unspecified atom stereocenters. The molecule has 1 atom stereocenters. The molecule has 0 fully saturated rings. The minimum absolute atomic E-state index is 0.191. The maximum atomic E-state index is 13.1. The first kappa shape index (κ1) is 17.6. The van der Waals surface area contributed by atoms with Crippen molar-refractivity contribution in [2.24, 2.45) is 5.73 Å². The number of carbonyl (C=O) groups is 2. The molecule has 3 N–H and O–H groups in total. The Morgan fingerprint density at radius 1 is 1.00 bits per heavy atom.